The van der Waals surface area contributed by atoms with Crippen LogP contribution in [0.3, 0.4) is 0 Å². The summed E-state index contributed by atoms with van der Waals surface area (Å²) in [6.07, 6.45) is 5.55. The molecule has 1 aromatic carbocycles. The number of ether oxygens (including phenoxy) is 1. The lowest BCUT2D eigenvalue weighted by atomic mass is 10.00. The van der Waals surface area contributed by atoms with Crippen molar-refractivity contribution in [3.8, 4) is 0 Å². The van der Waals surface area contributed by atoms with E-state index in [0.29, 0.717) is 16.5 Å². The number of carbonyl (C=O) groups is 1. The first-order chi connectivity index (χ1) is 11.2. The molecule has 0 saturated carbocycles. The molecule has 0 unspecified atom stereocenters. The van der Waals surface area contributed by atoms with Crippen molar-refractivity contribution in [2.75, 3.05) is 18.5 Å². The summed E-state index contributed by atoms with van der Waals surface area (Å²) in [6.45, 7) is 1.55. The molecule has 4 rings (SSSR count). The van der Waals surface area contributed by atoms with Gasteiger partial charge in [-0.3, -0.25) is 4.79 Å². The molecule has 1 saturated heterocycles. The van der Waals surface area contributed by atoms with E-state index in [0.717, 1.165) is 48.8 Å². The number of amides is 1. The maximum absolute atomic E-state index is 12.2. The molecule has 2 aliphatic rings. The van der Waals surface area contributed by atoms with Gasteiger partial charge in [-0.2, -0.15) is 0 Å². The fourth-order valence-electron chi connectivity index (χ4n) is 3.06. The van der Waals surface area contributed by atoms with Crippen LogP contribution in [-0.2, 0) is 9.53 Å². The molecule has 0 spiro atoms. The number of hydrogen-bond acceptors (Lipinski definition) is 3. The summed E-state index contributed by atoms with van der Waals surface area (Å²) >= 11 is 6.05. The molecule has 0 atom stereocenters. The van der Waals surface area contributed by atoms with E-state index < -0.39 is 0 Å². The first-order valence-electron chi connectivity index (χ1n) is 7.66. The number of rotatable bonds is 2. The second kappa shape index (κ2) is 5.83. The Kier molecular flexibility index (Phi) is 3.67. The summed E-state index contributed by atoms with van der Waals surface area (Å²) < 4.78 is 5.38. The van der Waals surface area contributed by atoms with Gasteiger partial charge in [-0.15, -0.1) is 0 Å². The van der Waals surface area contributed by atoms with Crippen LogP contribution in [0.15, 0.2) is 24.4 Å². The average Bonchev–Trinajstić information content (AvgIpc) is 3.15. The number of H-pyrrole nitrogens is 1. The van der Waals surface area contributed by atoms with Crippen molar-refractivity contribution in [2.45, 2.75) is 18.8 Å². The minimum Gasteiger partial charge on any atom is -0.381 e. The summed E-state index contributed by atoms with van der Waals surface area (Å²) in [5.74, 6) is 1.24. The number of nitrogens with zero attached hydrogens (tertiary/aromatic N) is 1. The van der Waals surface area contributed by atoms with Crippen molar-refractivity contribution in [2.24, 2.45) is 0 Å². The van der Waals surface area contributed by atoms with Gasteiger partial charge in [-0.25, -0.2) is 4.98 Å². The first-order valence-corrected chi connectivity index (χ1v) is 8.04. The molecule has 0 bridgehead atoms. The number of benzene rings is 1. The predicted octanol–water partition coefficient (Wildman–Crippen LogP) is 3.45. The quantitative estimate of drug-likeness (QED) is 0.829. The van der Waals surface area contributed by atoms with Crippen molar-refractivity contribution >= 4 is 34.8 Å². The van der Waals surface area contributed by atoms with E-state index in [4.69, 9.17) is 16.3 Å². The lowest BCUT2D eigenvalue weighted by Crippen LogP contribution is -2.15. The highest BCUT2D eigenvalue weighted by Crippen LogP contribution is 2.35. The predicted molar refractivity (Wildman–Crippen MR) is 89.3 cm³/mol. The summed E-state index contributed by atoms with van der Waals surface area (Å²) in [7, 11) is 0. The van der Waals surface area contributed by atoms with Gasteiger partial charge in [-0.05, 0) is 37.1 Å². The van der Waals surface area contributed by atoms with Crippen LogP contribution in [0.25, 0.3) is 11.6 Å². The Balaban J connectivity index is 1.65. The molecule has 5 nitrogen and oxygen atoms in total. The number of anilines is 1. The first kappa shape index (κ1) is 14.5. The van der Waals surface area contributed by atoms with Crippen LogP contribution in [0.5, 0.6) is 0 Å². The maximum atomic E-state index is 12.2. The van der Waals surface area contributed by atoms with E-state index in [-0.39, 0.29) is 5.91 Å². The van der Waals surface area contributed by atoms with E-state index >= 15 is 0 Å². The summed E-state index contributed by atoms with van der Waals surface area (Å²) in [6, 6.07) is 5.39. The van der Waals surface area contributed by atoms with Crippen molar-refractivity contribution in [1.82, 2.24) is 9.97 Å². The van der Waals surface area contributed by atoms with Crippen LogP contribution in [-0.4, -0.2) is 29.1 Å². The highest BCUT2D eigenvalue weighted by atomic mass is 35.5. The number of imidazole rings is 1. The molecule has 2 N–H and O–H groups in total. The van der Waals surface area contributed by atoms with Crippen molar-refractivity contribution < 1.29 is 9.53 Å². The zero-order chi connectivity index (χ0) is 15.8. The molecule has 2 aromatic rings. The molecule has 1 amide bonds. The molecule has 3 heterocycles. The Labute approximate surface area is 138 Å². The Morgan fingerprint density at radius 3 is 2.96 bits per heavy atom. The fourth-order valence-corrected chi connectivity index (χ4v) is 3.23. The molecular weight excluding hydrogens is 314 g/mol. The minimum absolute atomic E-state index is 0.121. The van der Waals surface area contributed by atoms with E-state index in [9.17, 15) is 4.79 Å². The van der Waals surface area contributed by atoms with E-state index in [1.54, 1.807) is 18.3 Å². The molecule has 0 aliphatic carbocycles. The normalized spacial score (nSPS) is 19.9. The van der Waals surface area contributed by atoms with Crippen LogP contribution in [0.1, 0.15) is 35.8 Å². The molecule has 1 aromatic heterocycles. The Morgan fingerprint density at radius 2 is 2.13 bits per heavy atom. The topological polar surface area (TPSA) is 67.0 Å². The summed E-state index contributed by atoms with van der Waals surface area (Å²) in [5.41, 5.74) is 3.04. The van der Waals surface area contributed by atoms with Gasteiger partial charge >= 0.3 is 0 Å². The molecular formula is C17H16ClN3O2. The van der Waals surface area contributed by atoms with Gasteiger partial charge in [0, 0.05) is 35.4 Å². The number of fused-ring (bicyclic) bond motifs is 1. The molecule has 6 heteroatoms. The van der Waals surface area contributed by atoms with Gasteiger partial charge in [0.25, 0.3) is 5.91 Å². The largest absolute Gasteiger partial charge is 0.381 e. The number of halogens is 1. The van der Waals surface area contributed by atoms with Gasteiger partial charge in [0.2, 0.25) is 0 Å². The maximum Gasteiger partial charge on any atom is 0.256 e. The van der Waals surface area contributed by atoms with Crippen LogP contribution < -0.4 is 5.32 Å². The monoisotopic (exact) mass is 329 g/mol. The summed E-state index contributed by atoms with van der Waals surface area (Å²) in [5, 5.41) is 3.46. The van der Waals surface area contributed by atoms with E-state index in [1.807, 2.05) is 12.1 Å². The molecule has 2 aliphatic heterocycles. The van der Waals surface area contributed by atoms with Crippen molar-refractivity contribution in [3.63, 3.8) is 0 Å². The number of aromatic nitrogens is 2. The smallest absolute Gasteiger partial charge is 0.256 e. The zero-order valence-corrected chi connectivity index (χ0v) is 13.2. The lowest BCUT2D eigenvalue weighted by Gasteiger charge is -2.19. The van der Waals surface area contributed by atoms with Gasteiger partial charge in [0.15, 0.2) is 0 Å². The highest BCUT2D eigenvalue weighted by molar-refractivity contribution is 6.36. The SMILES string of the molecule is O=C1Nc2ccc(Cl)cc2/C1=C/c1cnc(C2CCOCC2)[nH]1. The number of carbonyl (C=O) groups excluding carboxylic acids is 1. The Morgan fingerprint density at radius 1 is 1.30 bits per heavy atom. The Hall–Kier alpha value is -2.11. The molecule has 118 valence electrons. The van der Waals surface area contributed by atoms with Gasteiger partial charge < -0.3 is 15.0 Å². The van der Waals surface area contributed by atoms with Crippen molar-refractivity contribution in [1.29, 1.82) is 0 Å². The average molecular weight is 330 g/mol. The third-order valence-electron chi connectivity index (χ3n) is 4.29. The third kappa shape index (κ3) is 2.78. The van der Waals surface area contributed by atoms with Gasteiger partial charge in [-0.1, -0.05) is 11.6 Å². The second-order valence-corrected chi connectivity index (χ2v) is 6.25. The second-order valence-electron chi connectivity index (χ2n) is 5.81. The number of nitrogens with one attached hydrogen (secondary N) is 2. The zero-order valence-electron chi connectivity index (χ0n) is 12.4. The van der Waals surface area contributed by atoms with E-state index in [1.165, 1.54) is 0 Å². The van der Waals surface area contributed by atoms with Gasteiger partial charge in [0.1, 0.15) is 5.82 Å². The summed E-state index contributed by atoms with van der Waals surface area (Å²) in [4.78, 5) is 20.0. The van der Waals surface area contributed by atoms with Crippen LogP contribution in [0, 0.1) is 0 Å². The third-order valence-corrected chi connectivity index (χ3v) is 4.52. The van der Waals surface area contributed by atoms with Gasteiger partial charge in [0.05, 0.1) is 17.5 Å². The lowest BCUT2D eigenvalue weighted by molar-refractivity contribution is -0.110. The standard InChI is InChI=1S/C17H16ClN3O2/c18-11-1-2-15-13(7-11)14(17(22)21-15)8-12-9-19-16(20-12)10-3-5-23-6-4-10/h1-2,7-10H,3-6H2,(H,19,20)(H,21,22)/b14-8-. The van der Waals surface area contributed by atoms with Crippen molar-refractivity contribution in [3.05, 3.63) is 46.5 Å². The Bertz CT molecular complexity index is 791. The van der Waals surface area contributed by atoms with Crippen LogP contribution in [0.4, 0.5) is 5.69 Å². The van der Waals surface area contributed by atoms with Crippen LogP contribution in [0.2, 0.25) is 5.02 Å². The highest BCUT2D eigenvalue weighted by Gasteiger charge is 2.25. The van der Waals surface area contributed by atoms with Crippen LogP contribution >= 0.6 is 11.6 Å². The van der Waals surface area contributed by atoms with E-state index in [2.05, 4.69) is 15.3 Å². The number of aromatic amines is 1. The molecule has 1 fully saturated rings. The minimum atomic E-state index is -0.121. The fraction of sp³-hybridized carbons (Fsp3) is 0.294. The molecule has 23 heavy (non-hydrogen) atoms. The molecule has 0 radical (unpaired) electrons. The number of hydrogen-bond donors (Lipinski definition) is 2.